The zero-order valence-electron chi connectivity index (χ0n) is 21.5. The van der Waals surface area contributed by atoms with Gasteiger partial charge in [0.25, 0.3) is 11.8 Å². The fourth-order valence-electron chi connectivity index (χ4n) is 4.85. The van der Waals surface area contributed by atoms with Crippen LogP contribution in [0.1, 0.15) is 78.2 Å². The number of amides is 2. The average molecular weight is 490 g/mol. The van der Waals surface area contributed by atoms with Crippen molar-refractivity contribution in [2.75, 3.05) is 6.61 Å². The summed E-state index contributed by atoms with van der Waals surface area (Å²) in [6.07, 6.45) is 5.28. The Balaban J connectivity index is 1.82. The molecule has 7 heteroatoms. The van der Waals surface area contributed by atoms with Crippen LogP contribution in [0.25, 0.3) is 0 Å². The predicted octanol–water partition coefficient (Wildman–Crippen LogP) is 6.06. The number of rotatable bonds is 16. The van der Waals surface area contributed by atoms with Gasteiger partial charge in [0.1, 0.15) is 0 Å². The summed E-state index contributed by atoms with van der Waals surface area (Å²) in [5, 5.41) is 0.636. The van der Waals surface area contributed by atoms with Crippen molar-refractivity contribution in [3.05, 3.63) is 35.9 Å². The molecule has 1 heterocycles. The third kappa shape index (κ3) is 10.1. The highest BCUT2D eigenvalue weighted by atomic mass is 28.4. The Kier molecular flexibility index (Phi) is 12.0. The van der Waals surface area contributed by atoms with E-state index in [-0.39, 0.29) is 19.3 Å². The maximum Gasteiger partial charge on any atom is 0.333 e. The Bertz CT molecular complexity index is 754. The molecule has 0 spiro atoms. The van der Waals surface area contributed by atoms with Gasteiger partial charge in [0.15, 0.2) is 8.32 Å². The molecule has 190 valence electrons. The second-order valence-corrected chi connectivity index (χ2v) is 14.4. The summed E-state index contributed by atoms with van der Waals surface area (Å²) >= 11 is 0. The molecule has 1 aliphatic rings. The monoisotopic (exact) mass is 489 g/mol. The van der Waals surface area contributed by atoms with Gasteiger partial charge in [0.2, 0.25) is 0 Å². The van der Waals surface area contributed by atoms with Crippen molar-refractivity contribution in [3.63, 3.8) is 0 Å². The van der Waals surface area contributed by atoms with Crippen LogP contribution in [0.15, 0.2) is 30.3 Å². The summed E-state index contributed by atoms with van der Waals surface area (Å²) in [6, 6.07) is 13.9. The van der Waals surface area contributed by atoms with Gasteiger partial charge in [0, 0.05) is 25.9 Å². The number of carbonyl (C=O) groups excluding carboxylic acids is 3. The van der Waals surface area contributed by atoms with E-state index < -0.39 is 26.1 Å². The van der Waals surface area contributed by atoms with Gasteiger partial charge in [0.05, 0.1) is 0 Å². The van der Waals surface area contributed by atoms with E-state index in [0.717, 1.165) is 50.4 Å². The number of imide groups is 1. The van der Waals surface area contributed by atoms with Gasteiger partial charge in [-0.25, -0.2) is 4.79 Å². The van der Waals surface area contributed by atoms with Gasteiger partial charge in [-0.1, -0.05) is 64.4 Å². The predicted molar refractivity (Wildman–Crippen MR) is 136 cm³/mol. The molecule has 0 bridgehead atoms. The highest BCUT2D eigenvalue weighted by Crippen LogP contribution is 2.32. The lowest BCUT2D eigenvalue weighted by Gasteiger charge is -2.35. The molecule has 0 aliphatic carbocycles. The molecule has 2 rings (SSSR count). The van der Waals surface area contributed by atoms with E-state index in [9.17, 15) is 14.4 Å². The van der Waals surface area contributed by atoms with Crippen molar-refractivity contribution in [2.45, 2.75) is 97.2 Å². The van der Waals surface area contributed by atoms with E-state index in [1.165, 1.54) is 5.56 Å². The van der Waals surface area contributed by atoms with E-state index in [2.05, 4.69) is 58.0 Å². The third-order valence-electron chi connectivity index (χ3n) is 6.13. The molecular weight excluding hydrogens is 446 g/mol. The van der Waals surface area contributed by atoms with Crippen LogP contribution in [-0.2, 0) is 30.1 Å². The van der Waals surface area contributed by atoms with E-state index in [0.29, 0.717) is 23.3 Å². The lowest BCUT2D eigenvalue weighted by Crippen LogP contribution is -2.41. The number of hydrogen-bond donors (Lipinski definition) is 0. The Morgan fingerprint density at radius 2 is 1.53 bits per heavy atom. The molecule has 2 amide bonds. The third-order valence-corrected chi connectivity index (χ3v) is 11.3. The van der Waals surface area contributed by atoms with Crippen LogP contribution in [-0.4, -0.2) is 37.8 Å². The topological polar surface area (TPSA) is 72.9 Å². The SMILES string of the molecule is CC(C)C[Si](CCCCC(=O)ON1C(=O)CCC1=O)(CC(C)C)OCCCCc1ccccc1. The average Bonchev–Trinajstić information content (AvgIpc) is 3.08. The lowest BCUT2D eigenvalue weighted by molar-refractivity contribution is -0.197. The van der Waals surface area contributed by atoms with Crippen molar-refractivity contribution < 1.29 is 23.6 Å². The largest absolute Gasteiger partial charge is 0.417 e. The number of hydroxylamine groups is 2. The molecule has 0 N–H and O–H groups in total. The highest BCUT2D eigenvalue weighted by Gasteiger charge is 2.36. The Hall–Kier alpha value is -1.99. The second-order valence-electron chi connectivity index (χ2n) is 10.4. The summed E-state index contributed by atoms with van der Waals surface area (Å²) in [5.74, 6) is -0.220. The van der Waals surface area contributed by atoms with Crippen LogP contribution in [0.5, 0.6) is 0 Å². The Morgan fingerprint density at radius 3 is 2.12 bits per heavy atom. The standard InChI is InChI=1S/C27H43NO5Si/c1-22(2)20-34(21-23(3)4,32-18-10-8-14-24-12-6-5-7-13-24)19-11-9-15-27(31)33-28-25(29)16-17-26(28)30/h5-7,12-13,22-23H,8-11,14-21H2,1-4H3. The quantitative estimate of drug-likeness (QED) is 0.160. The van der Waals surface area contributed by atoms with Gasteiger partial charge in [-0.15, -0.1) is 5.06 Å². The van der Waals surface area contributed by atoms with Crippen molar-refractivity contribution in [3.8, 4) is 0 Å². The van der Waals surface area contributed by atoms with Gasteiger partial charge >= 0.3 is 5.97 Å². The van der Waals surface area contributed by atoms with Crippen LogP contribution in [0.2, 0.25) is 18.1 Å². The van der Waals surface area contributed by atoms with Crippen LogP contribution in [0, 0.1) is 11.8 Å². The van der Waals surface area contributed by atoms with Crippen LogP contribution in [0.4, 0.5) is 0 Å². The van der Waals surface area contributed by atoms with E-state index in [1.54, 1.807) is 0 Å². The normalized spacial score (nSPS) is 14.5. The summed E-state index contributed by atoms with van der Waals surface area (Å²) in [7, 11) is -1.95. The molecule has 1 aromatic rings. The minimum Gasteiger partial charge on any atom is -0.417 e. The molecule has 0 atom stereocenters. The Labute approximate surface area is 206 Å². The fraction of sp³-hybridized carbons (Fsp3) is 0.667. The van der Waals surface area contributed by atoms with E-state index in [1.807, 2.05) is 0 Å². The Morgan fingerprint density at radius 1 is 0.912 bits per heavy atom. The molecule has 34 heavy (non-hydrogen) atoms. The molecule has 1 aliphatic heterocycles. The summed E-state index contributed by atoms with van der Waals surface area (Å²) in [5.41, 5.74) is 1.37. The van der Waals surface area contributed by atoms with Crippen LogP contribution in [0.3, 0.4) is 0 Å². The van der Waals surface area contributed by atoms with E-state index >= 15 is 0 Å². The van der Waals surface area contributed by atoms with E-state index in [4.69, 9.17) is 9.26 Å². The maximum absolute atomic E-state index is 12.1. The van der Waals surface area contributed by atoms with Crippen molar-refractivity contribution in [1.82, 2.24) is 5.06 Å². The molecule has 0 unspecified atom stereocenters. The molecule has 6 nitrogen and oxygen atoms in total. The number of benzene rings is 1. The zero-order chi connectivity index (χ0) is 25.0. The molecule has 1 saturated heterocycles. The number of unbranched alkanes of at least 4 members (excludes halogenated alkanes) is 2. The van der Waals surface area contributed by atoms with Gasteiger partial charge in [-0.05, 0) is 61.2 Å². The first-order chi connectivity index (χ1) is 16.2. The minimum absolute atomic E-state index is 0.118. The van der Waals surface area contributed by atoms with Crippen LogP contribution >= 0.6 is 0 Å². The van der Waals surface area contributed by atoms with Gasteiger partial charge in [-0.3, -0.25) is 9.59 Å². The van der Waals surface area contributed by atoms with Gasteiger partial charge < -0.3 is 9.26 Å². The minimum atomic E-state index is -1.95. The number of hydrogen-bond acceptors (Lipinski definition) is 5. The van der Waals surface area contributed by atoms with Crippen molar-refractivity contribution in [1.29, 1.82) is 0 Å². The molecule has 1 fully saturated rings. The summed E-state index contributed by atoms with van der Waals surface area (Å²) in [6.45, 7) is 9.87. The van der Waals surface area contributed by atoms with Crippen molar-refractivity contribution >= 4 is 26.1 Å². The maximum atomic E-state index is 12.1. The number of aryl methyl sites for hydroxylation is 1. The van der Waals surface area contributed by atoms with Crippen LogP contribution < -0.4 is 0 Å². The number of carbonyl (C=O) groups is 3. The first-order valence-corrected chi connectivity index (χ1v) is 15.5. The number of nitrogens with zero attached hydrogens (tertiary/aromatic N) is 1. The fourth-order valence-corrected chi connectivity index (χ4v) is 10.3. The molecule has 0 radical (unpaired) electrons. The smallest absolute Gasteiger partial charge is 0.333 e. The molecular formula is C27H43NO5Si. The van der Waals surface area contributed by atoms with Gasteiger partial charge in [-0.2, -0.15) is 0 Å². The molecule has 1 aromatic carbocycles. The van der Waals surface area contributed by atoms with Crippen molar-refractivity contribution in [2.24, 2.45) is 11.8 Å². The first kappa shape index (κ1) is 28.2. The molecule has 0 aromatic heterocycles. The second kappa shape index (κ2) is 14.4. The lowest BCUT2D eigenvalue weighted by atomic mass is 10.1. The summed E-state index contributed by atoms with van der Waals surface area (Å²) in [4.78, 5) is 40.4. The molecule has 0 saturated carbocycles. The summed E-state index contributed by atoms with van der Waals surface area (Å²) < 4.78 is 6.76. The first-order valence-electron chi connectivity index (χ1n) is 13.0. The zero-order valence-corrected chi connectivity index (χ0v) is 22.5. The highest BCUT2D eigenvalue weighted by molar-refractivity contribution is 6.73.